The number of allylic oxidation sites excluding steroid dienone is 1. The van der Waals surface area contributed by atoms with Gasteiger partial charge in [-0.3, -0.25) is 0 Å². The molecule has 2 heteroatoms. The van der Waals surface area contributed by atoms with E-state index in [9.17, 15) is 0 Å². The number of anilines is 2. The Balaban J connectivity index is 1.98. The van der Waals surface area contributed by atoms with Crippen LogP contribution in [0.3, 0.4) is 0 Å². The van der Waals surface area contributed by atoms with Gasteiger partial charge >= 0.3 is 0 Å². The third kappa shape index (κ3) is 2.08. The van der Waals surface area contributed by atoms with E-state index < -0.39 is 0 Å². The maximum absolute atomic E-state index is 5.79. The quantitative estimate of drug-likeness (QED) is 0.715. The number of nitrogens with two attached hydrogens (primary N) is 1. The molecular formula is C12H16N2. The van der Waals surface area contributed by atoms with E-state index in [1.807, 2.05) is 30.5 Å². The third-order valence-corrected chi connectivity index (χ3v) is 2.72. The molecule has 14 heavy (non-hydrogen) atoms. The summed E-state index contributed by atoms with van der Waals surface area (Å²) in [5.41, 5.74) is 8.00. The molecule has 0 unspecified atom stereocenters. The molecule has 0 bridgehead atoms. The topological polar surface area (TPSA) is 38.0 Å². The first-order chi connectivity index (χ1) is 6.70. The normalized spacial score (nSPS) is 18.4. The zero-order chi connectivity index (χ0) is 10.0. The Morgan fingerprint density at radius 3 is 2.71 bits per heavy atom. The Labute approximate surface area is 84.8 Å². The molecule has 0 amide bonds. The first-order valence-electron chi connectivity index (χ1n) is 4.98. The van der Waals surface area contributed by atoms with Crippen LogP contribution in [0.5, 0.6) is 0 Å². The van der Waals surface area contributed by atoms with Gasteiger partial charge < -0.3 is 11.1 Å². The number of rotatable bonds is 3. The van der Waals surface area contributed by atoms with Crippen molar-refractivity contribution < 1.29 is 0 Å². The van der Waals surface area contributed by atoms with Gasteiger partial charge in [-0.15, -0.1) is 0 Å². The van der Waals surface area contributed by atoms with Gasteiger partial charge in [-0.25, -0.2) is 0 Å². The predicted octanol–water partition coefficient (Wildman–Crippen LogP) is 2.99. The molecule has 1 aromatic carbocycles. The standard InChI is InChI=1S/C12H16N2/c1-12(6-7-12)8-9-14-11-5-3-2-4-10(11)13/h2-5,8-9,14H,6-7,13H2,1H3/b9-8-. The lowest BCUT2D eigenvalue weighted by molar-refractivity contribution is 0.747. The zero-order valence-corrected chi connectivity index (χ0v) is 8.46. The van der Waals surface area contributed by atoms with Crippen LogP contribution in [0.15, 0.2) is 36.5 Å². The number of nitrogens with one attached hydrogen (secondary N) is 1. The van der Waals surface area contributed by atoms with Crippen molar-refractivity contribution in [3.8, 4) is 0 Å². The van der Waals surface area contributed by atoms with E-state index >= 15 is 0 Å². The molecule has 2 nitrogen and oxygen atoms in total. The number of hydrogen-bond acceptors (Lipinski definition) is 2. The van der Waals surface area contributed by atoms with E-state index in [1.54, 1.807) is 0 Å². The predicted molar refractivity (Wildman–Crippen MR) is 61.0 cm³/mol. The summed E-state index contributed by atoms with van der Waals surface area (Å²) in [5.74, 6) is 0. The number of nitrogen functional groups attached to an aromatic ring is 1. The molecule has 74 valence electrons. The van der Waals surface area contributed by atoms with E-state index in [0.29, 0.717) is 5.41 Å². The monoisotopic (exact) mass is 188 g/mol. The molecule has 2 rings (SSSR count). The van der Waals surface area contributed by atoms with Crippen LogP contribution in [0.4, 0.5) is 11.4 Å². The minimum Gasteiger partial charge on any atom is -0.397 e. The molecule has 1 aromatic rings. The Bertz CT molecular complexity index is 351. The van der Waals surface area contributed by atoms with Crippen LogP contribution < -0.4 is 11.1 Å². The summed E-state index contributed by atoms with van der Waals surface area (Å²) in [6.07, 6.45) is 6.82. The molecule has 1 aliphatic rings. The van der Waals surface area contributed by atoms with Gasteiger partial charge in [0.15, 0.2) is 0 Å². The Morgan fingerprint density at radius 1 is 1.36 bits per heavy atom. The van der Waals surface area contributed by atoms with Crippen molar-refractivity contribution in [2.75, 3.05) is 11.1 Å². The van der Waals surface area contributed by atoms with Crippen molar-refractivity contribution in [2.24, 2.45) is 5.41 Å². The van der Waals surface area contributed by atoms with E-state index in [1.165, 1.54) is 12.8 Å². The molecule has 3 N–H and O–H groups in total. The van der Waals surface area contributed by atoms with Crippen LogP contribution in [-0.2, 0) is 0 Å². The van der Waals surface area contributed by atoms with Gasteiger partial charge in [0.1, 0.15) is 0 Å². The molecule has 1 saturated carbocycles. The Hall–Kier alpha value is -1.44. The fourth-order valence-corrected chi connectivity index (χ4v) is 1.32. The second-order valence-electron chi connectivity index (χ2n) is 4.22. The smallest absolute Gasteiger partial charge is 0.0613 e. The van der Waals surface area contributed by atoms with Crippen LogP contribution >= 0.6 is 0 Å². The highest BCUT2D eigenvalue weighted by Gasteiger charge is 2.33. The van der Waals surface area contributed by atoms with Crippen molar-refractivity contribution in [2.45, 2.75) is 19.8 Å². The molecule has 1 fully saturated rings. The van der Waals surface area contributed by atoms with Crippen LogP contribution in [0.1, 0.15) is 19.8 Å². The van der Waals surface area contributed by atoms with Gasteiger partial charge in [0.2, 0.25) is 0 Å². The van der Waals surface area contributed by atoms with E-state index in [-0.39, 0.29) is 0 Å². The van der Waals surface area contributed by atoms with Gasteiger partial charge in [0, 0.05) is 0 Å². The van der Waals surface area contributed by atoms with Crippen LogP contribution in [-0.4, -0.2) is 0 Å². The van der Waals surface area contributed by atoms with Gasteiger partial charge in [-0.2, -0.15) is 0 Å². The summed E-state index contributed by atoms with van der Waals surface area (Å²) in [7, 11) is 0. The second kappa shape index (κ2) is 3.37. The van der Waals surface area contributed by atoms with E-state index in [0.717, 1.165) is 11.4 Å². The number of benzene rings is 1. The van der Waals surface area contributed by atoms with Crippen LogP contribution in [0.2, 0.25) is 0 Å². The Kier molecular flexibility index (Phi) is 2.20. The second-order valence-corrected chi connectivity index (χ2v) is 4.22. The summed E-state index contributed by atoms with van der Waals surface area (Å²) < 4.78 is 0. The van der Waals surface area contributed by atoms with Crippen LogP contribution in [0, 0.1) is 5.41 Å². The summed E-state index contributed by atoms with van der Waals surface area (Å²) in [5, 5.41) is 3.20. The van der Waals surface area contributed by atoms with Gasteiger partial charge in [-0.1, -0.05) is 25.1 Å². The van der Waals surface area contributed by atoms with Crippen LogP contribution in [0.25, 0.3) is 0 Å². The van der Waals surface area contributed by atoms with Gasteiger partial charge in [0.25, 0.3) is 0 Å². The first-order valence-corrected chi connectivity index (χ1v) is 4.98. The van der Waals surface area contributed by atoms with Crippen molar-refractivity contribution in [1.82, 2.24) is 0 Å². The highest BCUT2D eigenvalue weighted by molar-refractivity contribution is 5.66. The number of para-hydroxylation sites is 2. The fraction of sp³-hybridized carbons (Fsp3) is 0.333. The van der Waals surface area contributed by atoms with Crippen molar-refractivity contribution in [3.05, 3.63) is 36.5 Å². The molecule has 1 aliphatic carbocycles. The van der Waals surface area contributed by atoms with E-state index in [2.05, 4.69) is 18.3 Å². The Morgan fingerprint density at radius 2 is 2.07 bits per heavy atom. The molecular weight excluding hydrogens is 172 g/mol. The summed E-state index contributed by atoms with van der Waals surface area (Å²) in [6, 6.07) is 7.79. The summed E-state index contributed by atoms with van der Waals surface area (Å²) in [6.45, 7) is 2.26. The molecule has 0 spiro atoms. The maximum Gasteiger partial charge on any atom is 0.0613 e. The fourth-order valence-electron chi connectivity index (χ4n) is 1.32. The average Bonchev–Trinajstić information content (AvgIpc) is 2.88. The van der Waals surface area contributed by atoms with E-state index in [4.69, 9.17) is 5.73 Å². The summed E-state index contributed by atoms with van der Waals surface area (Å²) >= 11 is 0. The third-order valence-electron chi connectivity index (χ3n) is 2.72. The van der Waals surface area contributed by atoms with Crippen molar-refractivity contribution in [1.29, 1.82) is 0 Å². The highest BCUT2D eigenvalue weighted by Crippen LogP contribution is 2.46. The molecule has 0 heterocycles. The SMILES string of the molecule is CC1(/C=C\Nc2ccccc2N)CC1. The first kappa shape index (κ1) is 9.13. The molecule has 0 saturated heterocycles. The molecule has 0 atom stereocenters. The van der Waals surface area contributed by atoms with Crippen molar-refractivity contribution in [3.63, 3.8) is 0 Å². The van der Waals surface area contributed by atoms with Crippen molar-refractivity contribution >= 4 is 11.4 Å². The average molecular weight is 188 g/mol. The lowest BCUT2D eigenvalue weighted by Crippen LogP contribution is -1.95. The minimum atomic E-state index is 0.441. The minimum absolute atomic E-state index is 0.441. The zero-order valence-electron chi connectivity index (χ0n) is 8.46. The van der Waals surface area contributed by atoms with Gasteiger partial charge in [0.05, 0.1) is 11.4 Å². The van der Waals surface area contributed by atoms with Gasteiger partial charge in [-0.05, 0) is 36.6 Å². The molecule has 0 aliphatic heterocycles. The maximum atomic E-state index is 5.79. The molecule has 0 aromatic heterocycles. The summed E-state index contributed by atoms with van der Waals surface area (Å²) in [4.78, 5) is 0. The highest BCUT2D eigenvalue weighted by atomic mass is 14.9. The number of hydrogen-bond donors (Lipinski definition) is 2. The largest absolute Gasteiger partial charge is 0.397 e. The lowest BCUT2D eigenvalue weighted by Gasteiger charge is -2.05. The lowest BCUT2D eigenvalue weighted by atomic mass is 10.1. The molecule has 0 radical (unpaired) electrons.